The number of nitrogens with zero attached hydrogens (tertiary/aromatic N) is 3. The zero-order valence-corrected chi connectivity index (χ0v) is 21.0. The lowest BCUT2D eigenvalue weighted by atomic mass is 10.0. The Morgan fingerprint density at radius 1 is 1.11 bits per heavy atom. The van der Waals surface area contributed by atoms with Crippen LogP contribution in [-0.2, 0) is 11.2 Å². The molecule has 0 spiro atoms. The molecule has 0 atom stereocenters. The summed E-state index contributed by atoms with van der Waals surface area (Å²) in [5.41, 5.74) is 4.50. The summed E-state index contributed by atoms with van der Waals surface area (Å²) in [6.45, 7) is 2.03. The lowest BCUT2D eigenvalue weighted by Crippen LogP contribution is -2.42. The Bertz CT molecular complexity index is 1480. The number of allylic oxidation sites excluding steroid dienone is 1. The molecule has 1 aliphatic heterocycles. The van der Waals surface area contributed by atoms with Gasteiger partial charge in [-0.3, -0.25) is 19.6 Å². The molecule has 38 heavy (non-hydrogen) atoms. The highest BCUT2D eigenvalue weighted by atomic mass is 19.3. The Morgan fingerprint density at radius 3 is 2.63 bits per heavy atom. The van der Waals surface area contributed by atoms with Crippen molar-refractivity contribution in [2.45, 2.75) is 38.5 Å². The molecule has 3 aromatic heterocycles. The maximum absolute atomic E-state index is 13.4. The van der Waals surface area contributed by atoms with Gasteiger partial charge in [0.1, 0.15) is 11.3 Å². The van der Waals surface area contributed by atoms with Crippen molar-refractivity contribution in [1.82, 2.24) is 14.9 Å². The van der Waals surface area contributed by atoms with Gasteiger partial charge < -0.3 is 9.32 Å². The molecule has 1 aliphatic rings. The predicted molar refractivity (Wildman–Crippen MR) is 141 cm³/mol. The quantitative estimate of drug-likeness (QED) is 0.271. The number of carbonyl (C=O) groups is 2. The monoisotopic (exact) mass is 515 g/mol. The van der Waals surface area contributed by atoms with Crippen LogP contribution in [0, 0.1) is 6.92 Å². The van der Waals surface area contributed by atoms with Crippen molar-refractivity contribution in [3.63, 3.8) is 0 Å². The van der Waals surface area contributed by atoms with E-state index in [1.54, 1.807) is 36.7 Å². The van der Waals surface area contributed by atoms with Gasteiger partial charge in [0.15, 0.2) is 5.78 Å². The van der Waals surface area contributed by atoms with Crippen molar-refractivity contribution >= 4 is 28.7 Å². The third kappa shape index (κ3) is 5.85. The molecular formula is C30H27F2N3O3. The van der Waals surface area contributed by atoms with Gasteiger partial charge in [-0.05, 0) is 66.6 Å². The van der Waals surface area contributed by atoms with Gasteiger partial charge in [0.25, 0.3) is 11.8 Å². The summed E-state index contributed by atoms with van der Waals surface area (Å²) in [6, 6.07) is 13.0. The summed E-state index contributed by atoms with van der Waals surface area (Å²) >= 11 is 0. The molecule has 194 valence electrons. The second-order valence-corrected chi connectivity index (χ2v) is 9.59. The minimum absolute atomic E-state index is 0.00354. The van der Waals surface area contributed by atoms with Crippen LogP contribution >= 0.6 is 0 Å². The summed E-state index contributed by atoms with van der Waals surface area (Å²) in [4.78, 5) is 35.0. The van der Waals surface area contributed by atoms with Crippen molar-refractivity contribution in [3.8, 4) is 11.3 Å². The van der Waals surface area contributed by atoms with E-state index in [0.29, 0.717) is 24.1 Å². The molecule has 4 aromatic rings. The van der Waals surface area contributed by atoms with Crippen LogP contribution in [0.2, 0.25) is 0 Å². The standard InChI is InChI=1S/C30H27F2N3O3/c1-20-15-23(27-9-5-22(19-34-27)29(37)35-13-10-30(31,32)11-14-35)16-24-17-26(38-28(20)24)8-7-25(36)6-4-21-3-2-12-33-18-21/h2-6,9,12,15-19H,7-8,10-11,13-14H2,1H3/b6-4+. The highest BCUT2D eigenvalue weighted by Gasteiger charge is 2.35. The van der Waals surface area contributed by atoms with E-state index in [1.807, 2.05) is 37.3 Å². The van der Waals surface area contributed by atoms with Gasteiger partial charge in [-0.1, -0.05) is 6.07 Å². The summed E-state index contributed by atoms with van der Waals surface area (Å²) in [6.07, 6.45) is 8.37. The van der Waals surface area contributed by atoms with Gasteiger partial charge in [-0.2, -0.15) is 0 Å². The summed E-state index contributed by atoms with van der Waals surface area (Å²) < 4.78 is 32.9. The fourth-order valence-corrected chi connectivity index (χ4v) is 4.56. The number of rotatable bonds is 7. The van der Waals surface area contributed by atoms with Gasteiger partial charge >= 0.3 is 0 Å². The van der Waals surface area contributed by atoms with Crippen molar-refractivity contribution in [1.29, 1.82) is 0 Å². The maximum atomic E-state index is 13.4. The smallest absolute Gasteiger partial charge is 0.255 e. The number of ketones is 1. The Hall–Kier alpha value is -4.20. The Balaban J connectivity index is 1.25. The predicted octanol–water partition coefficient (Wildman–Crippen LogP) is 6.28. The van der Waals surface area contributed by atoms with E-state index in [1.165, 1.54) is 11.1 Å². The average Bonchev–Trinajstić information content (AvgIpc) is 3.35. The summed E-state index contributed by atoms with van der Waals surface area (Å²) in [5, 5.41) is 0.907. The molecule has 5 rings (SSSR count). The third-order valence-corrected chi connectivity index (χ3v) is 6.71. The molecule has 1 saturated heterocycles. The second-order valence-electron chi connectivity index (χ2n) is 9.59. The number of aromatic nitrogens is 2. The number of likely N-dealkylation sites (tertiary alicyclic amines) is 1. The maximum Gasteiger partial charge on any atom is 0.255 e. The van der Waals surface area contributed by atoms with E-state index >= 15 is 0 Å². The number of aryl methyl sites for hydroxylation is 2. The zero-order valence-electron chi connectivity index (χ0n) is 21.0. The number of carbonyl (C=O) groups excluding carboxylic acids is 2. The van der Waals surface area contributed by atoms with Gasteiger partial charge in [-0.15, -0.1) is 0 Å². The van der Waals surface area contributed by atoms with Gasteiger partial charge in [0.05, 0.1) is 11.3 Å². The molecule has 0 radical (unpaired) electrons. The first kappa shape index (κ1) is 25.4. The lowest BCUT2D eigenvalue weighted by molar-refractivity contribution is -0.114. The Kier molecular flexibility index (Phi) is 7.13. The zero-order chi connectivity index (χ0) is 26.7. The first-order valence-corrected chi connectivity index (χ1v) is 12.5. The number of halogens is 2. The van der Waals surface area contributed by atoms with Crippen molar-refractivity contribution in [2.75, 3.05) is 13.1 Å². The van der Waals surface area contributed by atoms with Gasteiger partial charge in [-0.25, -0.2) is 8.78 Å². The molecular weight excluding hydrogens is 488 g/mol. The van der Waals surface area contributed by atoms with Crippen LogP contribution in [0.15, 0.2) is 71.5 Å². The first-order chi connectivity index (χ1) is 18.3. The topological polar surface area (TPSA) is 76.3 Å². The molecule has 6 nitrogen and oxygen atoms in total. The minimum atomic E-state index is -2.70. The summed E-state index contributed by atoms with van der Waals surface area (Å²) in [7, 11) is 0. The SMILES string of the molecule is Cc1cc(-c2ccc(C(=O)N3CCC(F)(F)CC3)cn2)cc2cc(CCC(=O)/C=C/c3cccnc3)oc12. The second kappa shape index (κ2) is 10.7. The van der Waals surface area contributed by atoms with Crippen molar-refractivity contribution in [2.24, 2.45) is 0 Å². The number of fused-ring (bicyclic) bond motifs is 1. The van der Waals surface area contributed by atoms with Crippen molar-refractivity contribution < 1.29 is 22.8 Å². The number of furan rings is 1. The molecule has 4 heterocycles. The van der Waals surface area contributed by atoms with Crippen LogP contribution in [0.25, 0.3) is 28.3 Å². The Morgan fingerprint density at radius 2 is 1.92 bits per heavy atom. The van der Waals surface area contributed by atoms with Crippen LogP contribution < -0.4 is 0 Å². The van der Waals surface area contributed by atoms with Crippen LogP contribution in [0.4, 0.5) is 8.78 Å². The van der Waals surface area contributed by atoms with Crippen LogP contribution in [-0.4, -0.2) is 45.6 Å². The van der Waals surface area contributed by atoms with Crippen LogP contribution in [0.1, 0.15) is 46.5 Å². The minimum Gasteiger partial charge on any atom is -0.461 e. The number of piperidine rings is 1. The lowest BCUT2D eigenvalue weighted by Gasteiger charge is -2.31. The van der Waals surface area contributed by atoms with E-state index in [-0.39, 0.29) is 37.6 Å². The fraction of sp³-hybridized carbons (Fsp3) is 0.267. The highest BCUT2D eigenvalue weighted by molar-refractivity contribution is 5.95. The molecule has 0 bridgehead atoms. The largest absolute Gasteiger partial charge is 0.461 e. The number of hydrogen-bond donors (Lipinski definition) is 0. The molecule has 1 aromatic carbocycles. The number of amides is 1. The number of hydrogen-bond acceptors (Lipinski definition) is 5. The normalized spacial score (nSPS) is 15.3. The Labute approximate surface area is 219 Å². The van der Waals surface area contributed by atoms with E-state index in [9.17, 15) is 18.4 Å². The van der Waals surface area contributed by atoms with E-state index in [4.69, 9.17) is 4.42 Å². The molecule has 0 N–H and O–H groups in total. The van der Waals surface area contributed by atoms with Gasteiger partial charge in [0, 0.05) is 68.3 Å². The van der Waals surface area contributed by atoms with E-state index in [0.717, 1.165) is 33.4 Å². The highest BCUT2D eigenvalue weighted by Crippen LogP contribution is 2.31. The van der Waals surface area contributed by atoms with Crippen LogP contribution in [0.5, 0.6) is 0 Å². The molecule has 0 unspecified atom stereocenters. The first-order valence-electron chi connectivity index (χ1n) is 12.5. The molecule has 8 heteroatoms. The third-order valence-electron chi connectivity index (χ3n) is 6.71. The van der Waals surface area contributed by atoms with Crippen LogP contribution in [0.3, 0.4) is 0 Å². The number of alkyl halides is 2. The number of pyridine rings is 2. The molecule has 1 fully saturated rings. The van der Waals surface area contributed by atoms with Crippen molar-refractivity contribution in [3.05, 3.63) is 89.6 Å². The average molecular weight is 516 g/mol. The molecule has 0 saturated carbocycles. The molecule has 0 aliphatic carbocycles. The number of benzene rings is 1. The van der Waals surface area contributed by atoms with E-state index < -0.39 is 5.92 Å². The van der Waals surface area contributed by atoms with E-state index in [2.05, 4.69) is 9.97 Å². The summed E-state index contributed by atoms with van der Waals surface area (Å²) in [5.74, 6) is -2.25. The fourth-order valence-electron chi connectivity index (χ4n) is 4.56. The van der Waals surface area contributed by atoms with Gasteiger partial charge in [0.2, 0.25) is 0 Å². The molecule has 1 amide bonds.